The number of carbonyl (C=O) groups is 1. The van der Waals surface area contributed by atoms with E-state index in [4.69, 9.17) is 15.2 Å². The van der Waals surface area contributed by atoms with Crippen LogP contribution in [0.15, 0.2) is 51.4 Å². The minimum atomic E-state index is -0.801. The third-order valence-corrected chi connectivity index (χ3v) is 4.32. The van der Waals surface area contributed by atoms with Crippen LogP contribution in [-0.4, -0.2) is 21.7 Å². The second-order valence-corrected chi connectivity index (χ2v) is 5.87. The number of ether oxygens (including phenoxy) is 2. The molecule has 2 heterocycles. The molecule has 0 aliphatic carbocycles. The van der Waals surface area contributed by atoms with Gasteiger partial charge in [0, 0.05) is 14.1 Å². The fourth-order valence-electron chi connectivity index (χ4n) is 3.07. The van der Waals surface area contributed by atoms with Crippen molar-refractivity contribution in [1.29, 1.82) is 0 Å². The first-order chi connectivity index (χ1) is 12.4. The number of nitrogens with zero attached hydrogens (tertiary/aromatic N) is 2. The van der Waals surface area contributed by atoms with Gasteiger partial charge in [-0.15, -0.1) is 0 Å². The van der Waals surface area contributed by atoms with Gasteiger partial charge in [0.15, 0.2) is 0 Å². The molecule has 8 heteroatoms. The molecule has 0 unspecified atom stereocenters. The van der Waals surface area contributed by atoms with Crippen LogP contribution in [0.5, 0.6) is 5.88 Å². The van der Waals surface area contributed by atoms with Crippen LogP contribution in [0.2, 0.25) is 0 Å². The molecule has 0 spiro atoms. The number of hydrogen-bond acceptors (Lipinski definition) is 6. The van der Waals surface area contributed by atoms with Gasteiger partial charge >= 0.3 is 11.7 Å². The first-order valence-corrected chi connectivity index (χ1v) is 8.07. The quantitative estimate of drug-likeness (QED) is 0.794. The molecule has 0 radical (unpaired) electrons. The highest BCUT2D eigenvalue weighted by Gasteiger charge is 2.39. The normalized spacial score (nSPS) is 16.0. The summed E-state index contributed by atoms with van der Waals surface area (Å²) in [4.78, 5) is 37.6. The second-order valence-electron chi connectivity index (χ2n) is 5.87. The van der Waals surface area contributed by atoms with Gasteiger partial charge in [-0.25, -0.2) is 9.59 Å². The predicted octanol–water partition coefficient (Wildman–Crippen LogP) is 0.342. The lowest BCUT2D eigenvalue weighted by Gasteiger charge is -2.28. The van der Waals surface area contributed by atoms with Gasteiger partial charge in [-0.05, 0) is 12.5 Å². The van der Waals surface area contributed by atoms with Crippen molar-refractivity contribution in [3.63, 3.8) is 0 Å². The molecule has 2 aromatic rings. The molecule has 1 aromatic heterocycles. The van der Waals surface area contributed by atoms with E-state index in [1.54, 1.807) is 31.2 Å². The fourth-order valence-corrected chi connectivity index (χ4v) is 3.07. The van der Waals surface area contributed by atoms with E-state index in [2.05, 4.69) is 0 Å². The number of aromatic nitrogens is 2. The van der Waals surface area contributed by atoms with Crippen LogP contribution in [0, 0.1) is 0 Å². The molecule has 8 nitrogen and oxygen atoms in total. The maximum atomic E-state index is 12.9. The fraction of sp³-hybridized carbons (Fsp3) is 0.278. The average molecular weight is 357 g/mol. The van der Waals surface area contributed by atoms with Gasteiger partial charge in [-0.2, -0.15) is 0 Å². The van der Waals surface area contributed by atoms with Crippen LogP contribution in [0.4, 0.5) is 0 Å². The largest absolute Gasteiger partial charge is 0.462 e. The highest BCUT2D eigenvalue weighted by molar-refractivity contribution is 5.92. The molecule has 26 heavy (non-hydrogen) atoms. The molecule has 0 saturated heterocycles. The third-order valence-electron chi connectivity index (χ3n) is 4.32. The van der Waals surface area contributed by atoms with Crippen molar-refractivity contribution in [3.8, 4) is 5.88 Å². The summed E-state index contributed by atoms with van der Waals surface area (Å²) in [6, 6.07) is 8.94. The van der Waals surface area contributed by atoms with Gasteiger partial charge < -0.3 is 15.2 Å². The Morgan fingerprint density at radius 3 is 2.46 bits per heavy atom. The van der Waals surface area contributed by atoms with Crippen LogP contribution in [0.3, 0.4) is 0 Å². The molecule has 0 fully saturated rings. The van der Waals surface area contributed by atoms with Crippen molar-refractivity contribution in [3.05, 3.63) is 73.8 Å². The number of carbonyl (C=O) groups excluding carboxylic acids is 1. The van der Waals surface area contributed by atoms with Gasteiger partial charge in [0.1, 0.15) is 5.57 Å². The van der Waals surface area contributed by atoms with E-state index >= 15 is 0 Å². The van der Waals surface area contributed by atoms with Crippen LogP contribution >= 0.6 is 0 Å². The van der Waals surface area contributed by atoms with Crippen LogP contribution < -0.4 is 21.7 Å². The van der Waals surface area contributed by atoms with Crippen molar-refractivity contribution in [2.75, 3.05) is 6.61 Å². The molecule has 1 aliphatic heterocycles. The average Bonchev–Trinajstić information content (AvgIpc) is 2.64. The molecular formula is C18H19N3O5. The Balaban J connectivity index is 2.38. The van der Waals surface area contributed by atoms with E-state index in [9.17, 15) is 14.4 Å². The minimum absolute atomic E-state index is 0.0255. The molecule has 0 amide bonds. The molecular weight excluding hydrogens is 338 g/mol. The van der Waals surface area contributed by atoms with E-state index in [0.717, 1.165) is 4.57 Å². The van der Waals surface area contributed by atoms with Gasteiger partial charge in [0.25, 0.3) is 5.56 Å². The van der Waals surface area contributed by atoms with Crippen LogP contribution in [0.25, 0.3) is 0 Å². The Labute approximate surface area is 149 Å². The highest BCUT2D eigenvalue weighted by Crippen LogP contribution is 2.39. The van der Waals surface area contributed by atoms with Gasteiger partial charge in [-0.3, -0.25) is 13.9 Å². The zero-order valence-electron chi connectivity index (χ0n) is 14.7. The summed E-state index contributed by atoms with van der Waals surface area (Å²) in [6.45, 7) is 1.82. The first kappa shape index (κ1) is 17.5. The topological polar surface area (TPSA) is 106 Å². The lowest BCUT2D eigenvalue weighted by atomic mass is 9.84. The lowest BCUT2D eigenvalue weighted by Crippen LogP contribution is -2.43. The number of esters is 1. The molecule has 1 atom stereocenters. The smallest absolute Gasteiger partial charge is 0.340 e. The molecule has 136 valence electrons. The SMILES string of the molecule is CCOC(=O)C1=C(N)Oc2c(c(=O)n(C)c(=O)n2C)[C@@H]1c1ccccc1. The van der Waals surface area contributed by atoms with E-state index < -0.39 is 23.1 Å². The summed E-state index contributed by atoms with van der Waals surface area (Å²) >= 11 is 0. The molecule has 1 aromatic carbocycles. The zero-order valence-corrected chi connectivity index (χ0v) is 14.7. The summed E-state index contributed by atoms with van der Waals surface area (Å²) in [5.74, 6) is -1.63. The minimum Gasteiger partial charge on any atom is -0.462 e. The second kappa shape index (κ2) is 6.55. The summed E-state index contributed by atoms with van der Waals surface area (Å²) in [7, 11) is 2.85. The standard InChI is InChI=1S/C18H19N3O5/c1-4-25-17(23)12-11(10-8-6-5-7-9-10)13-15(22)20(2)18(24)21(3)16(13)26-14(12)19/h5-9,11H,4,19H2,1-3H3/t11-/m1/s1. The highest BCUT2D eigenvalue weighted by atomic mass is 16.5. The molecule has 0 bridgehead atoms. The summed E-state index contributed by atoms with van der Waals surface area (Å²) in [6.07, 6.45) is 0. The van der Waals surface area contributed by atoms with Crippen molar-refractivity contribution < 1.29 is 14.3 Å². The zero-order chi connectivity index (χ0) is 19.0. The molecule has 2 N–H and O–H groups in total. The van der Waals surface area contributed by atoms with Crippen molar-refractivity contribution in [2.24, 2.45) is 19.8 Å². The molecule has 3 rings (SSSR count). The van der Waals surface area contributed by atoms with Crippen molar-refractivity contribution >= 4 is 5.97 Å². The monoisotopic (exact) mass is 357 g/mol. The summed E-state index contributed by atoms with van der Waals surface area (Å²) in [5.41, 5.74) is 5.77. The van der Waals surface area contributed by atoms with Gasteiger partial charge in [-0.1, -0.05) is 30.3 Å². The Kier molecular flexibility index (Phi) is 4.41. The number of nitrogens with two attached hydrogens (primary N) is 1. The Bertz CT molecular complexity index is 1020. The lowest BCUT2D eigenvalue weighted by molar-refractivity contribution is -0.139. The van der Waals surface area contributed by atoms with Crippen molar-refractivity contribution in [2.45, 2.75) is 12.8 Å². The van der Waals surface area contributed by atoms with Gasteiger partial charge in [0.2, 0.25) is 11.8 Å². The Hall–Kier alpha value is -3.29. The maximum absolute atomic E-state index is 12.9. The van der Waals surface area contributed by atoms with E-state index in [0.29, 0.717) is 5.56 Å². The van der Waals surface area contributed by atoms with E-state index in [1.807, 2.05) is 6.07 Å². The number of fused-ring (bicyclic) bond motifs is 1. The van der Waals surface area contributed by atoms with Crippen LogP contribution in [0.1, 0.15) is 24.0 Å². The summed E-state index contributed by atoms with van der Waals surface area (Å²) < 4.78 is 12.8. The molecule has 0 saturated carbocycles. The number of rotatable bonds is 3. The summed E-state index contributed by atoms with van der Waals surface area (Å²) in [5, 5.41) is 0. The third kappa shape index (κ3) is 2.59. The van der Waals surface area contributed by atoms with E-state index in [-0.39, 0.29) is 29.5 Å². The van der Waals surface area contributed by atoms with Crippen LogP contribution in [-0.2, 0) is 23.6 Å². The predicted molar refractivity (Wildman–Crippen MR) is 93.7 cm³/mol. The van der Waals surface area contributed by atoms with Gasteiger partial charge in [0.05, 0.1) is 18.1 Å². The first-order valence-electron chi connectivity index (χ1n) is 8.07. The Morgan fingerprint density at radius 2 is 1.85 bits per heavy atom. The Morgan fingerprint density at radius 1 is 1.19 bits per heavy atom. The number of hydrogen-bond donors (Lipinski definition) is 1. The number of benzene rings is 1. The molecule has 1 aliphatic rings. The van der Waals surface area contributed by atoms with Crippen molar-refractivity contribution in [1.82, 2.24) is 9.13 Å². The maximum Gasteiger partial charge on any atom is 0.340 e. The van der Waals surface area contributed by atoms with E-state index in [1.165, 1.54) is 18.7 Å².